The first-order valence-corrected chi connectivity index (χ1v) is 7.80. The fourth-order valence-corrected chi connectivity index (χ4v) is 2.88. The van der Waals surface area contributed by atoms with Crippen molar-refractivity contribution < 1.29 is 0 Å². The summed E-state index contributed by atoms with van der Waals surface area (Å²) in [6, 6.07) is 10.0. The maximum absolute atomic E-state index is 4.73. The van der Waals surface area contributed by atoms with E-state index in [1.807, 2.05) is 43.5 Å². The minimum atomic E-state index is 0.913. The van der Waals surface area contributed by atoms with Crippen LogP contribution in [-0.2, 0) is 0 Å². The van der Waals surface area contributed by atoms with Gasteiger partial charge in [-0.05, 0) is 19.1 Å². The molecule has 1 aromatic carbocycles. The van der Waals surface area contributed by atoms with Gasteiger partial charge >= 0.3 is 0 Å². The monoisotopic (exact) mass is 306 g/mol. The second-order valence-electron chi connectivity index (χ2n) is 5.71. The molecule has 23 heavy (non-hydrogen) atoms. The summed E-state index contributed by atoms with van der Waals surface area (Å²) >= 11 is 0. The van der Waals surface area contributed by atoms with E-state index in [4.69, 9.17) is 4.98 Å². The highest BCUT2D eigenvalue weighted by molar-refractivity contribution is 5.75. The number of aromatic nitrogens is 4. The van der Waals surface area contributed by atoms with E-state index in [0.717, 1.165) is 54.5 Å². The Morgan fingerprint density at radius 1 is 0.826 bits per heavy atom. The second-order valence-corrected chi connectivity index (χ2v) is 5.71. The molecule has 1 aliphatic heterocycles. The maximum atomic E-state index is 4.73. The molecule has 4 rings (SSSR count). The number of hydrogen-bond acceptors (Lipinski definition) is 6. The molecule has 0 spiro atoms. The SMILES string of the molecule is Cc1cc(N2CCN(c3cnc4ccccc4n3)CC2)ncn1. The lowest BCUT2D eigenvalue weighted by Gasteiger charge is -2.35. The third-order valence-corrected chi connectivity index (χ3v) is 4.15. The standard InChI is InChI=1S/C17H18N6/c1-13-10-16(20-12-19-13)22-6-8-23(9-7-22)17-11-18-14-4-2-3-5-15(14)21-17/h2-5,10-12H,6-9H2,1H3. The zero-order valence-corrected chi connectivity index (χ0v) is 13.1. The predicted molar refractivity (Wildman–Crippen MR) is 90.7 cm³/mol. The Morgan fingerprint density at radius 2 is 1.52 bits per heavy atom. The average Bonchev–Trinajstić information content (AvgIpc) is 2.61. The second kappa shape index (κ2) is 5.79. The average molecular weight is 306 g/mol. The van der Waals surface area contributed by atoms with Crippen molar-refractivity contribution in [1.29, 1.82) is 0 Å². The number of aryl methyl sites for hydroxylation is 1. The third kappa shape index (κ3) is 2.79. The van der Waals surface area contributed by atoms with Crippen LogP contribution in [0.15, 0.2) is 42.9 Å². The largest absolute Gasteiger partial charge is 0.353 e. The molecule has 116 valence electrons. The summed E-state index contributed by atoms with van der Waals surface area (Å²) < 4.78 is 0. The summed E-state index contributed by atoms with van der Waals surface area (Å²) in [5, 5.41) is 0. The van der Waals surface area contributed by atoms with E-state index in [1.165, 1.54) is 0 Å². The molecule has 1 aliphatic rings. The normalized spacial score (nSPS) is 15.2. The fraction of sp³-hybridized carbons (Fsp3) is 0.294. The van der Waals surface area contributed by atoms with Gasteiger partial charge in [-0.2, -0.15) is 0 Å². The number of nitrogens with zero attached hydrogens (tertiary/aromatic N) is 6. The molecule has 1 saturated heterocycles. The van der Waals surface area contributed by atoms with Gasteiger partial charge in [0.25, 0.3) is 0 Å². The minimum absolute atomic E-state index is 0.913. The van der Waals surface area contributed by atoms with Gasteiger partial charge in [-0.25, -0.2) is 15.0 Å². The summed E-state index contributed by atoms with van der Waals surface area (Å²) in [7, 11) is 0. The molecule has 0 bridgehead atoms. The van der Waals surface area contributed by atoms with Gasteiger partial charge in [0.05, 0.1) is 17.2 Å². The van der Waals surface area contributed by atoms with Crippen molar-refractivity contribution in [3.05, 3.63) is 48.5 Å². The first kappa shape index (κ1) is 13.9. The topological polar surface area (TPSA) is 58.0 Å². The molecule has 6 heteroatoms. The number of para-hydroxylation sites is 2. The number of benzene rings is 1. The van der Waals surface area contributed by atoms with Crippen LogP contribution < -0.4 is 9.80 Å². The molecule has 0 aliphatic carbocycles. The first-order chi connectivity index (χ1) is 11.3. The van der Waals surface area contributed by atoms with Crippen molar-refractivity contribution in [2.75, 3.05) is 36.0 Å². The minimum Gasteiger partial charge on any atom is -0.353 e. The molecule has 1 fully saturated rings. The third-order valence-electron chi connectivity index (χ3n) is 4.15. The van der Waals surface area contributed by atoms with E-state index < -0.39 is 0 Å². The van der Waals surface area contributed by atoms with Crippen LogP contribution in [-0.4, -0.2) is 46.1 Å². The highest BCUT2D eigenvalue weighted by Gasteiger charge is 2.19. The maximum Gasteiger partial charge on any atom is 0.147 e. The van der Waals surface area contributed by atoms with Gasteiger partial charge < -0.3 is 9.80 Å². The van der Waals surface area contributed by atoms with Crippen LogP contribution in [0.2, 0.25) is 0 Å². The Hall–Kier alpha value is -2.76. The molecule has 2 aromatic heterocycles. The molecule has 3 heterocycles. The van der Waals surface area contributed by atoms with Crippen molar-refractivity contribution >= 4 is 22.7 Å². The van der Waals surface area contributed by atoms with E-state index in [1.54, 1.807) is 6.33 Å². The Labute approximate surface area is 134 Å². The van der Waals surface area contributed by atoms with Crippen LogP contribution in [0.25, 0.3) is 11.0 Å². The zero-order chi connectivity index (χ0) is 15.6. The van der Waals surface area contributed by atoms with Crippen molar-refractivity contribution in [2.24, 2.45) is 0 Å². The lowest BCUT2D eigenvalue weighted by molar-refractivity contribution is 0.640. The Morgan fingerprint density at radius 3 is 2.26 bits per heavy atom. The van der Waals surface area contributed by atoms with Crippen LogP contribution in [0.4, 0.5) is 11.6 Å². The number of rotatable bonds is 2. The van der Waals surface area contributed by atoms with Crippen molar-refractivity contribution in [1.82, 2.24) is 19.9 Å². The summed E-state index contributed by atoms with van der Waals surface area (Å²) in [6.45, 7) is 5.66. The smallest absolute Gasteiger partial charge is 0.147 e. The van der Waals surface area contributed by atoms with Gasteiger partial charge in [-0.1, -0.05) is 12.1 Å². The molecule has 0 radical (unpaired) electrons. The molecular weight excluding hydrogens is 288 g/mol. The van der Waals surface area contributed by atoms with Gasteiger partial charge in [-0.3, -0.25) is 4.98 Å². The number of hydrogen-bond donors (Lipinski definition) is 0. The molecule has 0 atom stereocenters. The number of fused-ring (bicyclic) bond motifs is 1. The van der Waals surface area contributed by atoms with E-state index in [9.17, 15) is 0 Å². The van der Waals surface area contributed by atoms with Gasteiger partial charge in [0, 0.05) is 37.9 Å². The lowest BCUT2D eigenvalue weighted by Crippen LogP contribution is -2.47. The highest BCUT2D eigenvalue weighted by Crippen LogP contribution is 2.19. The van der Waals surface area contributed by atoms with Crippen LogP contribution >= 0.6 is 0 Å². The van der Waals surface area contributed by atoms with Gasteiger partial charge in [0.15, 0.2) is 0 Å². The van der Waals surface area contributed by atoms with Gasteiger partial charge in [0.2, 0.25) is 0 Å². The highest BCUT2D eigenvalue weighted by atomic mass is 15.3. The Kier molecular flexibility index (Phi) is 3.49. The molecule has 3 aromatic rings. The number of piperazine rings is 1. The summed E-state index contributed by atoms with van der Waals surface area (Å²) in [4.78, 5) is 22.3. The molecule has 0 saturated carbocycles. The summed E-state index contributed by atoms with van der Waals surface area (Å²) in [5.41, 5.74) is 2.88. The quantitative estimate of drug-likeness (QED) is 0.722. The Balaban J connectivity index is 1.50. The predicted octanol–water partition coefficient (Wildman–Crippen LogP) is 2.05. The first-order valence-electron chi connectivity index (χ1n) is 7.80. The van der Waals surface area contributed by atoms with Gasteiger partial charge in [-0.15, -0.1) is 0 Å². The van der Waals surface area contributed by atoms with E-state index >= 15 is 0 Å². The summed E-state index contributed by atoms with van der Waals surface area (Å²) in [5.74, 6) is 1.95. The van der Waals surface area contributed by atoms with E-state index in [0.29, 0.717) is 0 Å². The van der Waals surface area contributed by atoms with E-state index in [2.05, 4.69) is 24.8 Å². The Bertz CT molecular complexity index is 826. The fourth-order valence-electron chi connectivity index (χ4n) is 2.88. The molecule has 6 nitrogen and oxygen atoms in total. The van der Waals surface area contributed by atoms with Crippen molar-refractivity contribution in [3.63, 3.8) is 0 Å². The zero-order valence-electron chi connectivity index (χ0n) is 13.1. The van der Waals surface area contributed by atoms with Crippen molar-refractivity contribution in [2.45, 2.75) is 6.92 Å². The lowest BCUT2D eigenvalue weighted by atomic mass is 10.3. The number of anilines is 2. The molecule has 0 unspecified atom stereocenters. The summed E-state index contributed by atoms with van der Waals surface area (Å²) in [6.07, 6.45) is 3.50. The van der Waals surface area contributed by atoms with Gasteiger partial charge in [0.1, 0.15) is 18.0 Å². The van der Waals surface area contributed by atoms with Crippen LogP contribution in [0.3, 0.4) is 0 Å². The van der Waals surface area contributed by atoms with Crippen molar-refractivity contribution in [3.8, 4) is 0 Å². The van der Waals surface area contributed by atoms with E-state index in [-0.39, 0.29) is 0 Å². The van der Waals surface area contributed by atoms with Crippen LogP contribution in [0.1, 0.15) is 5.69 Å². The molecular formula is C17H18N6. The van der Waals surface area contributed by atoms with Crippen LogP contribution in [0.5, 0.6) is 0 Å². The molecule has 0 amide bonds. The molecule has 0 N–H and O–H groups in total. The van der Waals surface area contributed by atoms with Crippen LogP contribution in [0, 0.1) is 6.92 Å².